The average Bonchev–Trinajstić information content (AvgIpc) is 2.47. The highest BCUT2D eigenvalue weighted by molar-refractivity contribution is 5.84. The monoisotopic (exact) mass is 246 g/mol. The van der Waals surface area contributed by atoms with Crippen LogP contribution in [0.25, 0.3) is 11.0 Å². The van der Waals surface area contributed by atoms with Crippen LogP contribution >= 0.6 is 0 Å². The molecule has 0 saturated heterocycles. The third-order valence-corrected chi connectivity index (χ3v) is 3.77. The predicted molar refractivity (Wildman–Crippen MR) is 76.3 cm³/mol. The summed E-state index contributed by atoms with van der Waals surface area (Å²) in [6.07, 6.45) is 0. The largest absolute Gasteiger partial charge is 0.328 e. The third kappa shape index (κ3) is 1.61. The second kappa shape index (κ2) is 3.74. The normalized spacial score (nSPS) is 12.4. The van der Waals surface area contributed by atoms with Gasteiger partial charge in [0.05, 0.1) is 11.0 Å². The minimum Gasteiger partial charge on any atom is -0.295 e. The lowest BCUT2D eigenvalue weighted by atomic mass is 9.82. The third-order valence-electron chi connectivity index (χ3n) is 3.77. The molecular weight excluding hydrogens is 224 g/mol. The van der Waals surface area contributed by atoms with Gasteiger partial charge in [-0.05, 0) is 36.0 Å². The molecule has 18 heavy (non-hydrogen) atoms. The molecule has 0 aliphatic heterocycles. The molecule has 0 saturated carbocycles. The van der Waals surface area contributed by atoms with Crippen LogP contribution in [0.3, 0.4) is 0 Å². The van der Waals surface area contributed by atoms with E-state index < -0.39 is 0 Å². The van der Waals surface area contributed by atoms with Gasteiger partial charge in [-0.2, -0.15) is 0 Å². The Morgan fingerprint density at radius 2 is 1.50 bits per heavy atom. The van der Waals surface area contributed by atoms with E-state index in [2.05, 4.69) is 40.7 Å². The van der Waals surface area contributed by atoms with Crippen LogP contribution in [-0.2, 0) is 19.5 Å². The molecule has 3 nitrogen and oxygen atoms in total. The van der Waals surface area contributed by atoms with Crippen molar-refractivity contribution < 1.29 is 0 Å². The number of imidazole rings is 1. The van der Waals surface area contributed by atoms with Gasteiger partial charge in [0.15, 0.2) is 0 Å². The van der Waals surface area contributed by atoms with E-state index in [4.69, 9.17) is 0 Å². The summed E-state index contributed by atoms with van der Waals surface area (Å²) in [6, 6.07) is 2.22. The topological polar surface area (TPSA) is 26.9 Å². The number of aryl methyl sites for hydroxylation is 4. The first kappa shape index (κ1) is 12.9. The van der Waals surface area contributed by atoms with Gasteiger partial charge in [0.25, 0.3) is 0 Å². The Labute approximate surface area is 108 Å². The molecule has 0 fully saturated rings. The van der Waals surface area contributed by atoms with Gasteiger partial charge in [-0.3, -0.25) is 9.13 Å². The number of nitrogens with zero attached hydrogens (tertiary/aromatic N) is 2. The molecule has 1 heterocycles. The van der Waals surface area contributed by atoms with E-state index in [1.807, 2.05) is 14.1 Å². The van der Waals surface area contributed by atoms with Crippen molar-refractivity contribution in [1.82, 2.24) is 9.13 Å². The maximum atomic E-state index is 12.1. The van der Waals surface area contributed by atoms with Gasteiger partial charge in [0, 0.05) is 14.1 Å². The van der Waals surface area contributed by atoms with Crippen LogP contribution < -0.4 is 5.69 Å². The van der Waals surface area contributed by atoms with Crippen LogP contribution in [0.15, 0.2) is 10.9 Å². The number of aromatic nitrogens is 2. The first-order valence-corrected chi connectivity index (χ1v) is 6.32. The molecule has 1 aromatic carbocycles. The number of benzene rings is 1. The van der Waals surface area contributed by atoms with Gasteiger partial charge in [-0.25, -0.2) is 4.79 Å². The Morgan fingerprint density at radius 3 is 2.00 bits per heavy atom. The maximum Gasteiger partial charge on any atom is 0.328 e. The first-order chi connectivity index (χ1) is 8.16. The fourth-order valence-corrected chi connectivity index (χ4v) is 2.91. The van der Waals surface area contributed by atoms with Gasteiger partial charge >= 0.3 is 5.69 Å². The molecule has 0 aliphatic rings. The number of rotatable bonds is 0. The van der Waals surface area contributed by atoms with Gasteiger partial charge < -0.3 is 0 Å². The van der Waals surface area contributed by atoms with E-state index in [0.717, 1.165) is 11.0 Å². The molecule has 0 aliphatic carbocycles. The Bertz CT molecular complexity index is 681. The number of fused-ring (bicyclic) bond motifs is 1. The van der Waals surface area contributed by atoms with Crippen molar-refractivity contribution in [2.75, 3.05) is 0 Å². The summed E-state index contributed by atoms with van der Waals surface area (Å²) in [7, 11) is 3.69. The van der Waals surface area contributed by atoms with Crippen LogP contribution in [0.1, 0.15) is 37.5 Å². The maximum absolute atomic E-state index is 12.1. The zero-order valence-electron chi connectivity index (χ0n) is 12.4. The van der Waals surface area contributed by atoms with Crippen LogP contribution in [0.5, 0.6) is 0 Å². The fourth-order valence-electron chi connectivity index (χ4n) is 2.91. The summed E-state index contributed by atoms with van der Waals surface area (Å²) >= 11 is 0. The SMILES string of the molecule is Cc1cc(C(C)(C)C)c(C)c2c1n(C)c(=O)n2C. The highest BCUT2D eigenvalue weighted by Crippen LogP contribution is 2.32. The molecule has 0 amide bonds. The van der Waals surface area contributed by atoms with Gasteiger partial charge in [0.2, 0.25) is 0 Å². The standard InChI is InChI=1S/C15H22N2O/c1-9-8-11(15(3,4)5)10(2)13-12(9)16(6)14(18)17(13)7/h8H,1-7H3. The van der Waals surface area contributed by atoms with E-state index in [0.29, 0.717) is 0 Å². The zero-order chi connectivity index (χ0) is 13.8. The predicted octanol–water partition coefficient (Wildman–Crippen LogP) is 2.79. The molecule has 2 rings (SSSR count). The van der Waals surface area contributed by atoms with Gasteiger partial charge in [-0.15, -0.1) is 0 Å². The van der Waals surface area contributed by atoms with Crippen molar-refractivity contribution in [3.63, 3.8) is 0 Å². The summed E-state index contributed by atoms with van der Waals surface area (Å²) in [4.78, 5) is 12.1. The average molecular weight is 246 g/mol. The van der Waals surface area contributed by atoms with E-state index in [1.54, 1.807) is 9.13 Å². The smallest absolute Gasteiger partial charge is 0.295 e. The van der Waals surface area contributed by atoms with E-state index >= 15 is 0 Å². The lowest BCUT2D eigenvalue weighted by molar-refractivity contribution is 0.586. The summed E-state index contributed by atoms with van der Waals surface area (Å²) in [5, 5.41) is 0. The van der Waals surface area contributed by atoms with Crippen LogP contribution in [0, 0.1) is 13.8 Å². The number of hydrogen-bond donors (Lipinski definition) is 0. The Morgan fingerprint density at radius 1 is 1.00 bits per heavy atom. The summed E-state index contributed by atoms with van der Waals surface area (Å²) in [5.74, 6) is 0. The lowest BCUT2D eigenvalue weighted by Gasteiger charge is -2.23. The van der Waals surface area contributed by atoms with Gasteiger partial charge in [-0.1, -0.05) is 26.8 Å². The zero-order valence-corrected chi connectivity index (χ0v) is 12.4. The van der Waals surface area contributed by atoms with Crippen LogP contribution in [0.4, 0.5) is 0 Å². The van der Waals surface area contributed by atoms with Crippen LogP contribution in [0.2, 0.25) is 0 Å². The molecule has 98 valence electrons. The minimum absolute atomic E-state index is 0.0438. The fraction of sp³-hybridized carbons (Fsp3) is 0.533. The highest BCUT2D eigenvalue weighted by Gasteiger charge is 2.22. The summed E-state index contributed by atoms with van der Waals surface area (Å²) in [5.41, 5.74) is 5.94. The molecule has 0 N–H and O–H groups in total. The summed E-state index contributed by atoms with van der Waals surface area (Å²) < 4.78 is 3.50. The molecule has 1 aromatic heterocycles. The van der Waals surface area contributed by atoms with E-state index in [-0.39, 0.29) is 11.1 Å². The first-order valence-electron chi connectivity index (χ1n) is 6.32. The molecule has 3 heteroatoms. The molecular formula is C15H22N2O. The Kier molecular flexibility index (Phi) is 2.69. The second-order valence-corrected chi connectivity index (χ2v) is 6.21. The minimum atomic E-state index is 0.0438. The molecule has 0 spiro atoms. The second-order valence-electron chi connectivity index (χ2n) is 6.21. The van der Waals surface area contributed by atoms with Gasteiger partial charge in [0.1, 0.15) is 0 Å². The molecule has 0 unspecified atom stereocenters. The molecule has 0 bridgehead atoms. The van der Waals surface area contributed by atoms with Crippen molar-refractivity contribution in [2.45, 2.75) is 40.0 Å². The van der Waals surface area contributed by atoms with Crippen molar-refractivity contribution >= 4 is 11.0 Å². The summed E-state index contributed by atoms with van der Waals surface area (Å²) in [6.45, 7) is 10.8. The van der Waals surface area contributed by atoms with Crippen molar-refractivity contribution in [3.05, 3.63) is 33.2 Å². The van der Waals surface area contributed by atoms with Crippen molar-refractivity contribution in [3.8, 4) is 0 Å². The van der Waals surface area contributed by atoms with Crippen LogP contribution in [-0.4, -0.2) is 9.13 Å². The molecule has 0 radical (unpaired) electrons. The lowest BCUT2D eigenvalue weighted by Crippen LogP contribution is -2.19. The van der Waals surface area contributed by atoms with Crippen molar-refractivity contribution in [1.29, 1.82) is 0 Å². The van der Waals surface area contributed by atoms with E-state index in [9.17, 15) is 4.79 Å². The quantitative estimate of drug-likeness (QED) is 0.702. The Balaban J connectivity index is 3.05. The Hall–Kier alpha value is -1.51. The number of hydrogen-bond acceptors (Lipinski definition) is 1. The molecule has 2 aromatic rings. The molecule has 0 atom stereocenters. The van der Waals surface area contributed by atoms with E-state index in [1.165, 1.54) is 16.7 Å². The van der Waals surface area contributed by atoms with Crippen molar-refractivity contribution in [2.24, 2.45) is 14.1 Å². The highest BCUT2D eigenvalue weighted by atomic mass is 16.1.